The third-order valence-electron chi connectivity index (χ3n) is 3.80. The van der Waals surface area contributed by atoms with Gasteiger partial charge in [-0.25, -0.2) is 4.98 Å². The van der Waals surface area contributed by atoms with E-state index in [0.717, 1.165) is 50.7 Å². The van der Waals surface area contributed by atoms with Gasteiger partial charge in [-0.05, 0) is 48.2 Å². The summed E-state index contributed by atoms with van der Waals surface area (Å²) < 4.78 is 5.81. The summed E-state index contributed by atoms with van der Waals surface area (Å²) >= 11 is 1.78. The van der Waals surface area contributed by atoms with Crippen LogP contribution in [0.1, 0.15) is 35.8 Å². The Morgan fingerprint density at radius 2 is 2.04 bits per heavy atom. The van der Waals surface area contributed by atoms with E-state index < -0.39 is 0 Å². The first kappa shape index (κ1) is 21.9. The number of nitrogens with zero attached hydrogens (tertiary/aromatic N) is 3. The lowest BCUT2D eigenvalue weighted by atomic mass is 10.2. The van der Waals surface area contributed by atoms with E-state index in [9.17, 15) is 0 Å². The Labute approximate surface area is 157 Å². The van der Waals surface area contributed by atoms with Gasteiger partial charge in [0.1, 0.15) is 0 Å². The molecule has 1 aromatic rings. The van der Waals surface area contributed by atoms with Crippen LogP contribution in [-0.4, -0.2) is 68.8 Å². The fourth-order valence-electron chi connectivity index (χ4n) is 2.33. The maximum Gasteiger partial charge on any atom is 0.191 e. The van der Waals surface area contributed by atoms with Gasteiger partial charge in [-0.2, -0.15) is 0 Å². The zero-order valence-corrected chi connectivity index (χ0v) is 17.5. The molecule has 6 nitrogen and oxygen atoms in total. The fourth-order valence-corrected chi connectivity index (χ4v) is 3.27. The molecule has 0 aromatic carbocycles. The summed E-state index contributed by atoms with van der Waals surface area (Å²) in [5, 5.41) is 7.88. The van der Waals surface area contributed by atoms with Gasteiger partial charge >= 0.3 is 0 Å². The first-order valence-corrected chi connectivity index (χ1v) is 9.99. The van der Waals surface area contributed by atoms with Gasteiger partial charge in [0.2, 0.25) is 0 Å². The lowest BCUT2D eigenvalue weighted by molar-refractivity contribution is 0.0582. The van der Waals surface area contributed by atoms with Crippen LogP contribution in [-0.2, 0) is 11.2 Å². The molecule has 144 valence electrons. The summed E-state index contributed by atoms with van der Waals surface area (Å²) in [6.45, 7) is 12.4. The maximum absolute atomic E-state index is 5.81. The van der Waals surface area contributed by atoms with Gasteiger partial charge in [-0.15, -0.1) is 11.3 Å². The van der Waals surface area contributed by atoms with Crippen LogP contribution in [0.4, 0.5) is 0 Å². The molecule has 0 bridgehead atoms. The highest BCUT2D eigenvalue weighted by molar-refractivity contribution is 7.11. The zero-order valence-electron chi connectivity index (χ0n) is 16.7. The van der Waals surface area contributed by atoms with Crippen molar-refractivity contribution in [3.8, 4) is 0 Å². The predicted octanol–water partition coefficient (Wildman–Crippen LogP) is 2.21. The number of hydrogen-bond donors (Lipinski definition) is 2. The van der Waals surface area contributed by atoms with Crippen molar-refractivity contribution in [1.29, 1.82) is 0 Å². The summed E-state index contributed by atoms with van der Waals surface area (Å²) in [7, 11) is 4.17. The van der Waals surface area contributed by atoms with Crippen LogP contribution in [0.25, 0.3) is 0 Å². The highest BCUT2D eigenvalue weighted by Crippen LogP contribution is 2.16. The summed E-state index contributed by atoms with van der Waals surface area (Å²) in [4.78, 5) is 12.8. The molecule has 0 saturated heterocycles. The maximum atomic E-state index is 5.81. The number of ether oxygens (including phenoxy) is 1. The Morgan fingerprint density at radius 1 is 1.28 bits per heavy atom. The lowest BCUT2D eigenvalue weighted by Gasteiger charge is -2.18. The SMILES string of the molecule is CCNC(=NCC(CCN(C)C)OCC)NCCc1nc(C)c(C)s1. The summed E-state index contributed by atoms with van der Waals surface area (Å²) in [5.74, 6) is 0.849. The van der Waals surface area contributed by atoms with E-state index in [1.54, 1.807) is 11.3 Å². The first-order valence-electron chi connectivity index (χ1n) is 9.17. The molecule has 7 heteroatoms. The number of aliphatic imine (C=N–C) groups is 1. The predicted molar refractivity (Wildman–Crippen MR) is 108 cm³/mol. The second kappa shape index (κ2) is 12.2. The zero-order chi connectivity index (χ0) is 18.7. The van der Waals surface area contributed by atoms with Crippen molar-refractivity contribution < 1.29 is 4.74 Å². The van der Waals surface area contributed by atoms with Gasteiger partial charge in [0.15, 0.2) is 5.96 Å². The van der Waals surface area contributed by atoms with E-state index in [1.807, 2.05) is 6.92 Å². The number of rotatable bonds is 11. The number of thiazole rings is 1. The molecule has 1 aromatic heterocycles. The van der Waals surface area contributed by atoms with Gasteiger partial charge < -0.3 is 20.3 Å². The molecule has 0 spiro atoms. The van der Waals surface area contributed by atoms with Gasteiger partial charge in [0.05, 0.1) is 23.4 Å². The average Bonchev–Trinajstić information content (AvgIpc) is 2.87. The number of aromatic nitrogens is 1. The van der Waals surface area contributed by atoms with Crippen LogP contribution in [0.15, 0.2) is 4.99 Å². The van der Waals surface area contributed by atoms with Crippen LogP contribution in [0.3, 0.4) is 0 Å². The Bertz CT molecular complexity index is 496. The summed E-state index contributed by atoms with van der Waals surface area (Å²) in [6.07, 6.45) is 2.06. The minimum absolute atomic E-state index is 0.159. The Balaban J connectivity index is 2.50. The Kier molecular flexibility index (Phi) is 10.7. The van der Waals surface area contributed by atoms with E-state index in [-0.39, 0.29) is 6.10 Å². The van der Waals surface area contributed by atoms with Gasteiger partial charge in [0, 0.05) is 37.5 Å². The molecule has 2 N–H and O–H groups in total. The number of guanidine groups is 1. The summed E-state index contributed by atoms with van der Waals surface area (Å²) in [5.41, 5.74) is 1.14. The number of hydrogen-bond acceptors (Lipinski definition) is 5. The van der Waals surface area contributed by atoms with Crippen LogP contribution in [0.2, 0.25) is 0 Å². The first-order chi connectivity index (χ1) is 12.0. The minimum Gasteiger partial charge on any atom is -0.377 e. The van der Waals surface area contributed by atoms with Crippen LogP contribution < -0.4 is 10.6 Å². The molecule has 0 fully saturated rings. The molecule has 0 amide bonds. The Morgan fingerprint density at radius 3 is 2.60 bits per heavy atom. The molecule has 25 heavy (non-hydrogen) atoms. The molecule has 0 aliphatic rings. The molecule has 1 heterocycles. The van der Waals surface area contributed by atoms with E-state index in [2.05, 4.69) is 55.4 Å². The normalized spacial score (nSPS) is 13.3. The van der Waals surface area contributed by atoms with Crippen LogP contribution in [0, 0.1) is 13.8 Å². The summed E-state index contributed by atoms with van der Waals surface area (Å²) in [6, 6.07) is 0. The molecule has 1 rings (SSSR count). The van der Waals surface area contributed by atoms with Crippen molar-refractivity contribution in [2.24, 2.45) is 4.99 Å². The van der Waals surface area contributed by atoms with Crippen molar-refractivity contribution in [1.82, 2.24) is 20.5 Å². The van der Waals surface area contributed by atoms with Crippen LogP contribution >= 0.6 is 11.3 Å². The van der Waals surface area contributed by atoms with Crippen molar-refractivity contribution in [3.63, 3.8) is 0 Å². The number of aryl methyl sites for hydroxylation is 2. The van der Waals surface area contributed by atoms with Gasteiger partial charge in [-0.1, -0.05) is 0 Å². The molecular formula is C18H35N5OS. The second-order valence-corrected chi connectivity index (χ2v) is 7.60. The quantitative estimate of drug-likeness (QED) is 0.463. The average molecular weight is 370 g/mol. The molecule has 0 saturated carbocycles. The van der Waals surface area contributed by atoms with E-state index in [4.69, 9.17) is 9.73 Å². The lowest BCUT2D eigenvalue weighted by Crippen LogP contribution is -2.39. The molecule has 0 aliphatic carbocycles. The molecule has 0 aliphatic heterocycles. The van der Waals surface area contributed by atoms with E-state index in [1.165, 1.54) is 9.88 Å². The smallest absolute Gasteiger partial charge is 0.191 e. The number of nitrogens with one attached hydrogen (secondary N) is 2. The highest BCUT2D eigenvalue weighted by atomic mass is 32.1. The third-order valence-corrected chi connectivity index (χ3v) is 4.93. The molecule has 1 atom stereocenters. The minimum atomic E-state index is 0.159. The van der Waals surface area contributed by atoms with Crippen LogP contribution in [0.5, 0.6) is 0 Å². The fraction of sp³-hybridized carbons (Fsp3) is 0.778. The van der Waals surface area contributed by atoms with Gasteiger partial charge in [0.25, 0.3) is 0 Å². The molecule has 1 unspecified atom stereocenters. The van der Waals surface area contributed by atoms with Crippen molar-refractivity contribution in [2.45, 2.75) is 46.6 Å². The van der Waals surface area contributed by atoms with Crippen molar-refractivity contribution in [3.05, 3.63) is 15.6 Å². The van der Waals surface area contributed by atoms with E-state index >= 15 is 0 Å². The topological polar surface area (TPSA) is 61.8 Å². The third kappa shape index (κ3) is 9.18. The highest BCUT2D eigenvalue weighted by Gasteiger charge is 2.09. The second-order valence-electron chi connectivity index (χ2n) is 6.31. The van der Waals surface area contributed by atoms with E-state index in [0.29, 0.717) is 6.54 Å². The molecular weight excluding hydrogens is 334 g/mol. The van der Waals surface area contributed by atoms with Crippen molar-refractivity contribution >= 4 is 17.3 Å². The van der Waals surface area contributed by atoms with Crippen molar-refractivity contribution in [2.75, 3.05) is 46.9 Å². The largest absolute Gasteiger partial charge is 0.377 e. The van der Waals surface area contributed by atoms with Gasteiger partial charge in [-0.3, -0.25) is 4.99 Å². The standard InChI is InChI=1S/C18H35N5OS/c1-7-19-18(20-11-9-17-22-14(3)15(4)25-17)21-13-16(24-8-2)10-12-23(5)6/h16H,7-13H2,1-6H3,(H2,19,20,21). The monoisotopic (exact) mass is 369 g/mol. The molecule has 0 radical (unpaired) electrons. The Hall–Kier alpha value is -1.18.